The lowest BCUT2D eigenvalue weighted by Crippen LogP contribution is -2.36. The van der Waals surface area contributed by atoms with E-state index in [4.69, 9.17) is 10.5 Å². The number of hydrogen-bond acceptors (Lipinski definition) is 5. The van der Waals surface area contributed by atoms with Gasteiger partial charge >= 0.3 is 11.8 Å². The van der Waals surface area contributed by atoms with E-state index in [0.29, 0.717) is 0 Å². The van der Waals surface area contributed by atoms with E-state index >= 15 is 0 Å². The van der Waals surface area contributed by atoms with Crippen LogP contribution in [0, 0.1) is 0 Å². The average molecular weight is 276 g/mol. The van der Waals surface area contributed by atoms with E-state index < -0.39 is 11.8 Å². The fraction of sp³-hybridized carbons (Fsp3) is 0.308. The van der Waals surface area contributed by atoms with Crippen LogP contribution in [0.2, 0.25) is 0 Å². The standard InChI is InChI=1S/C13H16N4O3/c14-12(18)13(19)16-15-9-10-1-3-11(4-2-10)17-5-7-20-8-6-17/h1-4,9H,5-8H2,(H2,14,18)(H,16,19)/b15-9-. The highest BCUT2D eigenvalue weighted by Crippen LogP contribution is 2.15. The monoisotopic (exact) mass is 276 g/mol. The van der Waals surface area contributed by atoms with Crippen LogP contribution in [-0.2, 0) is 14.3 Å². The Bertz CT molecular complexity index is 507. The van der Waals surface area contributed by atoms with Gasteiger partial charge in [0.05, 0.1) is 19.4 Å². The molecule has 1 aliphatic heterocycles. The van der Waals surface area contributed by atoms with Gasteiger partial charge < -0.3 is 15.4 Å². The molecule has 0 radical (unpaired) electrons. The highest BCUT2D eigenvalue weighted by atomic mass is 16.5. The van der Waals surface area contributed by atoms with Gasteiger partial charge in [0, 0.05) is 18.8 Å². The summed E-state index contributed by atoms with van der Waals surface area (Å²) in [6.45, 7) is 3.23. The predicted octanol–water partition coefficient (Wildman–Crippen LogP) is -0.541. The Kier molecular flexibility index (Phi) is 4.67. The second-order valence-electron chi connectivity index (χ2n) is 4.25. The molecule has 1 aliphatic rings. The van der Waals surface area contributed by atoms with Crippen molar-refractivity contribution >= 4 is 23.7 Å². The van der Waals surface area contributed by atoms with Gasteiger partial charge in [0.25, 0.3) is 0 Å². The minimum absolute atomic E-state index is 0.738. The van der Waals surface area contributed by atoms with Gasteiger partial charge in [-0.2, -0.15) is 5.10 Å². The minimum atomic E-state index is -1.06. The zero-order valence-corrected chi connectivity index (χ0v) is 10.9. The topological polar surface area (TPSA) is 97.0 Å². The first-order chi connectivity index (χ1) is 9.66. The second kappa shape index (κ2) is 6.67. The zero-order valence-electron chi connectivity index (χ0n) is 10.9. The third-order valence-corrected chi connectivity index (χ3v) is 2.87. The summed E-state index contributed by atoms with van der Waals surface area (Å²) in [7, 11) is 0. The molecule has 2 rings (SSSR count). The van der Waals surface area contributed by atoms with Crippen LogP contribution in [0.5, 0.6) is 0 Å². The number of morpholine rings is 1. The van der Waals surface area contributed by atoms with Crippen molar-refractivity contribution in [1.82, 2.24) is 5.43 Å². The maximum absolute atomic E-state index is 10.9. The van der Waals surface area contributed by atoms with E-state index in [9.17, 15) is 9.59 Å². The van der Waals surface area contributed by atoms with Gasteiger partial charge in [-0.25, -0.2) is 5.43 Å². The van der Waals surface area contributed by atoms with Crippen LogP contribution < -0.4 is 16.1 Å². The van der Waals surface area contributed by atoms with E-state index in [0.717, 1.165) is 37.6 Å². The van der Waals surface area contributed by atoms with Crippen molar-refractivity contribution in [3.8, 4) is 0 Å². The quantitative estimate of drug-likeness (QED) is 0.440. The molecule has 0 unspecified atom stereocenters. The molecule has 3 N–H and O–H groups in total. The minimum Gasteiger partial charge on any atom is -0.378 e. The van der Waals surface area contributed by atoms with Crippen LogP contribution >= 0.6 is 0 Å². The van der Waals surface area contributed by atoms with Gasteiger partial charge in [0.15, 0.2) is 0 Å². The van der Waals surface area contributed by atoms with Crippen molar-refractivity contribution in [1.29, 1.82) is 0 Å². The lowest BCUT2D eigenvalue weighted by molar-refractivity contribution is -0.137. The van der Waals surface area contributed by atoms with Crippen molar-refractivity contribution in [3.05, 3.63) is 29.8 Å². The largest absolute Gasteiger partial charge is 0.378 e. The van der Waals surface area contributed by atoms with E-state index in [1.165, 1.54) is 6.21 Å². The molecule has 7 nitrogen and oxygen atoms in total. The van der Waals surface area contributed by atoms with Crippen molar-refractivity contribution < 1.29 is 14.3 Å². The number of carbonyl (C=O) groups excluding carboxylic acids is 2. The van der Waals surface area contributed by atoms with Crippen LogP contribution in [0.1, 0.15) is 5.56 Å². The van der Waals surface area contributed by atoms with Crippen LogP contribution in [0.3, 0.4) is 0 Å². The van der Waals surface area contributed by atoms with Gasteiger partial charge in [-0.3, -0.25) is 9.59 Å². The van der Waals surface area contributed by atoms with Gasteiger partial charge in [-0.15, -0.1) is 0 Å². The Morgan fingerprint density at radius 3 is 2.50 bits per heavy atom. The fourth-order valence-corrected chi connectivity index (χ4v) is 1.81. The molecule has 0 saturated carbocycles. The third-order valence-electron chi connectivity index (χ3n) is 2.87. The molecule has 0 spiro atoms. The molecule has 1 aromatic carbocycles. The normalized spacial score (nSPS) is 15.3. The summed E-state index contributed by atoms with van der Waals surface area (Å²) in [4.78, 5) is 23.6. The first kappa shape index (κ1) is 14.0. The van der Waals surface area contributed by atoms with Crippen molar-refractivity contribution in [2.24, 2.45) is 10.8 Å². The number of primary amides is 1. The maximum atomic E-state index is 10.9. The number of nitrogens with two attached hydrogens (primary N) is 1. The summed E-state index contributed by atoms with van der Waals surface area (Å²) in [6, 6.07) is 7.71. The Balaban J connectivity index is 1.92. The summed E-state index contributed by atoms with van der Waals surface area (Å²) >= 11 is 0. The number of carbonyl (C=O) groups is 2. The van der Waals surface area contributed by atoms with Gasteiger partial charge in [0.2, 0.25) is 0 Å². The molecule has 1 saturated heterocycles. The van der Waals surface area contributed by atoms with Gasteiger partial charge in [-0.05, 0) is 17.7 Å². The molecule has 0 aliphatic carbocycles. The number of ether oxygens (including phenoxy) is 1. The Morgan fingerprint density at radius 1 is 1.25 bits per heavy atom. The molecule has 0 aromatic heterocycles. The molecule has 0 bridgehead atoms. The van der Waals surface area contributed by atoms with Crippen molar-refractivity contribution in [3.63, 3.8) is 0 Å². The summed E-state index contributed by atoms with van der Waals surface area (Å²) in [5.74, 6) is -2.00. The van der Waals surface area contributed by atoms with Crippen molar-refractivity contribution in [2.75, 3.05) is 31.2 Å². The van der Waals surface area contributed by atoms with Gasteiger partial charge in [0.1, 0.15) is 0 Å². The molecule has 2 amide bonds. The summed E-state index contributed by atoms with van der Waals surface area (Å²) in [6.07, 6.45) is 1.45. The van der Waals surface area contributed by atoms with E-state index in [-0.39, 0.29) is 0 Å². The molecule has 20 heavy (non-hydrogen) atoms. The first-order valence-corrected chi connectivity index (χ1v) is 6.22. The molecule has 1 fully saturated rings. The number of nitrogens with zero attached hydrogens (tertiary/aromatic N) is 2. The summed E-state index contributed by atoms with van der Waals surface area (Å²) < 4.78 is 5.30. The number of rotatable bonds is 3. The average Bonchev–Trinajstić information content (AvgIpc) is 2.48. The summed E-state index contributed by atoms with van der Waals surface area (Å²) in [5.41, 5.74) is 8.74. The Labute approximate surface area is 116 Å². The molecular weight excluding hydrogens is 260 g/mol. The van der Waals surface area contributed by atoms with E-state index in [1.807, 2.05) is 29.7 Å². The number of anilines is 1. The molecule has 0 atom stereocenters. The first-order valence-electron chi connectivity index (χ1n) is 6.22. The molecule has 1 aromatic rings. The number of nitrogens with one attached hydrogen (secondary N) is 1. The Hall–Kier alpha value is -2.41. The molecular formula is C13H16N4O3. The van der Waals surface area contributed by atoms with Crippen molar-refractivity contribution in [2.45, 2.75) is 0 Å². The van der Waals surface area contributed by atoms with E-state index in [1.54, 1.807) is 0 Å². The number of benzene rings is 1. The Morgan fingerprint density at radius 2 is 1.90 bits per heavy atom. The predicted molar refractivity (Wildman–Crippen MR) is 74.4 cm³/mol. The number of hydrazone groups is 1. The molecule has 7 heteroatoms. The smallest absolute Gasteiger partial charge is 0.329 e. The second-order valence-corrected chi connectivity index (χ2v) is 4.25. The third kappa shape index (κ3) is 3.79. The van der Waals surface area contributed by atoms with Gasteiger partial charge in [-0.1, -0.05) is 12.1 Å². The number of amides is 2. The van der Waals surface area contributed by atoms with Crippen LogP contribution in [-0.4, -0.2) is 44.3 Å². The summed E-state index contributed by atoms with van der Waals surface area (Å²) in [5, 5.41) is 3.65. The SMILES string of the molecule is NC(=O)C(=O)N/N=C\c1ccc(N2CCOCC2)cc1. The highest BCUT2D eigenvalue weighted by Gasteiger charge is 2.10. The van der Waals surface area contributed by atoms with Crippen LogP contribution in [0.15, 0.2) is 29.4 Å². The molecule has 1 heterocycles. The van der Waals surface area contributed by atoms with E-state index in [2.05, 4.69) is 10.0 Å². The zero-order chi connectivity index (χ0) is 14.4. The highest BCUT2D eigenvalue weighted by molar-refractivity contribution is 6.34. The lowest BCUT2D eigenvalue weighted by Gasteiger charge is -2.28. The maximum Gasteiger partial charge on any atom is 0.329 e. The van der Waals surface area contributed by atoms with Crippen LogP contribution in [0.4, 0.5) is 5.69 Å². The number of hydrogen-bond donors (Lipinski definition) is 2. The molecule has 106 valence electrons. The van der Waals surface area contributed by atoms with Crippen LogP contribution in [0.25, 0.3) is 0 Å². The lowest BCUT2D eigenvalue weighted by atomic mass is 10.2. The fourth-order valence-electron chi connectivity index (χ4n) is 1.81.